The van der Waals surface area contributed by atoms with Crippen LogP contribution >= 0.6 is 0 Å². The minimum absolute atomic E-state index is 0.0641. The molecular formula is C45H66BN5O14. The number of rotatable bonds is 25. The second-order valence-electron chi connectivity index (χ2n) is 16.6. The summed E-state index contributed by atoms with van der Waals surface area (Å²) in [5.41, 5.74) is -0.142. The van der Waals surface area contributed by atoms with Crippen molar-refractivity contribution in [1.82, 2.24) is 25.9 Å². The highest BCUT2D eigenvalue weighted by Gasteiger charge is 2.37. The molecule has 19 nitrogen and oxygen atoms in total. The molecule has 1 aliphatic rings. The number of carbonyl (C=O) groups is 8. The van der Waals surface area contributed by atoms with Crippen LogP contribution in [-0.4, -0.2) is 117 Å². The zero-order valence-corrected chi connectivity index (χ0v) is 39.0. The highest BCUT2D eigenvalue weighted by Crippen LogP contribution is 2.30. The first-order valence-electron chi connectivity index (χ1n) is 22.4. The molecule has 3 atom stereocenters. The molecule has 1 fully saturated rings. The molecule has 1 aliphatic heterocycles. The molecule has 3 rings (SSSR count). The van der Waals surface area contributed by atoms with Gasteiger partial charge < -0.3 is 49.0 Å². The lowest BCUT2D eigenvalue weighted by atomic mass is 9.90. The number of carbonyl (C=O) groups excluding carboxylic acids is 8. The second kappa shape index (κ2) is 26.6. The molecule has 2 aromatic rings. The molecular weight excluding hydrogens is 845 g/mol. The molecule has 0 aliphatic carbocycles. The molecule has 5 amide bonds. The first-order valence-corrected chi connectivity index (χ1v) is 22.4. The van der Waals surface area contributed by atoms with E-state index in [0.29, 0.717) is 44.1 Å². The summed E-state index contributed by atoms with van der Waals surface area (Å²) in [6.07, 6.45) is 4.64. The average Bonchev–Trinajstić information content (AvgIpc) is 3.78. The number of hydrogen-bond acceptors (Lipinski definition) is 14. The van der Waals surface area contributed by atoms with Gasteiger partial charge in [-0.3, -0.25) is 28.8 Å². The van der Waals surface area contributed by atoms with Crippen molar-refractivity contribution >= 4 is 56.2 Å². The monoisotopic (exact) mass is 911 g/mol. The van der Waals surface area contributed by atoms with Crippen LogP contribution in [0, 0.1) is 11.8 Å². The summed E-state index contributed by atoms with van der Waals surface area (Å²) in [4.78, 5) is 110. The molecule has 1 aromatic heterocycles. The smallest absolute Gasteiger partial charge is 0.410 e. The fraction of sp³-hybridized carbons (Fsp3) is 0.600. The van der Waals surface area contributed by atoms with E-state index >= 15 is 0 Å². The molecule has 0 unspecified atom stereocenters. The van der Waals surface area contributed by atoms with Gasteiger partial charge in [-0.05, 0) is 84.1 Å². The lowest BCUT2D eigenvalue weighted by Gasteiger charge is -2.35. The van der Waals surface area contributed by atoms with Crippen LogP contribution in [0.4, 0.5) is 4.79 Å². The Morgan fingerprint density at radius 3 is 2.26 bits per heavy atom. The van der Waals surface area contributed by atoms with E-state index in [1.807, 2.05) is 13.8 Å². The maximum atomic E-state index is 13.7. The van der Waals surface area contributed by atoms with E-state index in [9.17, 15) is 38.4 Å². The van der Waals surface area contributed by atoms with Crippen molar-refractivity contribution in [2.24, 2.45) is 11.8 Å². The quantitative estimate of drug-likeness (QED) is 0.0308. The molecule has 0 radical (unpaired) electrons. The van der Waals surface area contributed by atoms with E-state index in [1.165, 1.54) is 23.1 Å². The highest BCUT2D eigenvalue weighted by molar-refractivity contribution is 6.08. The first kappa shape index (κ1) is 53.3. The first-order chi connectivity index (χ1) is 31.0. The number of benzene rings is 1. The molecule has 0 bridgehead atoms. The molecule has 0 saturated carbocycles. The fourth-order valence-corrected chi connectivity index (χ4v) is 7.03. The largest absolute Gasteiger partial charge is 0.542 e. The highest BCUT2D eigenvalue weighted by atomic mass is 16.7. The van der Waals surface area contributed by atoms with E-state index in [0.717, 1.165) is 32.4 Å². The summed E-state index contributed by atoms with van der Waals surface area (Å²) < 4.78 is 27.0. The number of hydrogen-bond donors (Lipinski definition) is 3. The number of piperidine rings is 1. The number of amides is 5. The molecule has 1 aromatic carbocycles. The number of furan rings is 1. The third-order valence-corrected chi connectivity index (χ3v) is 10.5. The van der Waals surface area contributed by atoms with Gasteiger partial charge in [0.05, 0.1) is 49.7 Å². The Bertz CT molecular complexity index is 1930. The van der Waals surface area contributed by atoms with E-state index in [-0.39, 0.29) is 62.2 Å². The molecule has 20 heteroatoms. The number of esters is 1. The zero-order valence-electron chi connectivity index (χ0n) is 39.0. The summed E-state index contributed by atoms with van der Waals surface area (Å²) >= 11 is 0. The number of unbranched alkanes of at least 4 members (excludes halogenated alkanes) is 3. The average molecular weight is 912 g/mol. The summed E-state index contributed by atoms with van der Waals surface area (Å²) in [7, 11) is 1.14. The van der Waals surface area contributed by atoms with Gasteiger partial charge in [-0.1, -0.05) is 52.5 Å². The lowest BCUT2D eigenvalue weighted by Crippen LogP contribution is -2.50. The van der Waals surface area contributed by atoms with Crippen molar-refractivity contribution in [1.29, 1.82) is 0 Å². The predicted octanol–water partition coefficient (Wildman–Crippen LogP) is 4.61. The number of ether oxygens (including phenoxy) is 3. The molecule has 2 heterocycles. The standard InChI is InChI=1S/C45H66BN5O14/c1-8-12-14-15-31(34(10-3)51(28-52)65-42(57)29-20-22-50(23-21-29)44(59)63-45(5,6)7)39(54)47-27-48-41(56)36-19-18-35(62-36)30-16-17-32(37(25-30)60-11-4)40(55)49-33(43(58)64-46)26-38(53)61-24-13-9-2/h16-19,25,28-29,31,33-34H,8-15,20-24,26-27,46H2,1-7H3,(H,47,54)(H,48,56)(H,49,55)/t31-,33+,34-/m1/s1. The molecule has 0 spiro atoms. The van der Waals surface area contributed by atoms with Crippen LogP contribution < -0.4 is 20.7 Å². The Hall–Kier alpha value is -6.08. The van der Waals surface area contributed by atoms with Crippen LogP contribution in [0.5, 0.6) is 5.75 Å². The van der Waals surface area contributed by atoms with Gasteiger partial charge >= 0.3 is 32.1 Å². The van der Waals surface area contributed by atoms with Crippen LogP contribution in [0.1, 0.15) is 134 Å². The third-order valence-electron chi connectivity index (χ3n) is 10.5. The molecule has 3 N–H and O–H groups in total. The van der Waals surface area contributed by atoms with Crippen LogP contribution in [0.25, 0.3) is 11.3 Å². The maximum absolute atomic E-state index is 13.7. The number of hydroxylamine groups is 2. The molecule has 65 heavy (non-hydrogen) atoms. The number of nitrogens with one attached hydrogen (secondary N) is 3. The summed E-state index contributed by atoms with van der Waals surface area (Å²) in [6, 6.07) is 5.41. The predicted molar refractivity (Wildman–Crippen MR) is 238 cm³/mol. The topological polar surface area (TPSA) is 238 Å². The van der Waals surface area contributed by atoms with Crippen molar-refractivity contribution in [3.8, 4) is 17.1 Å². The van der Waals surface area contributed by atoms with E-state index in [2.05, 4.69) is 16.0 Å². The van der Waals surface area contributed by atoms with E-state index in [1.54, 1.807) is 46.8 Å². The summed E-state index contributed by atoms with van der Waals surface area (Å²) in [5, 5.41) is 8.77. The Morgan fingerprint density at radius 1 is 0.938 bits per heavy atom. The Kier molecular flexibility index (Phi) is 21.8. The van der Waals surface area contributed by atoms with E-state index < -0.39 is 77.7 Å². The van der Waals surface area contributed by atoms with Crippen molar-refractivity contribution in [3.63, 3.8) is 0 Å². The minimum Gasteiger partial charge on any atom is -0.542 e. The van der Waals surface area contributed by atoms with Crippen molar-refractivity contribution in [2.45, 2.75) is 130 Å². The van der Waals surface area contributed by atoms with Crippen LogP contribution in [0.3, 0.4) is 0 Å². The van der Waals surface area contributed by atoms with Crippen LogP contribution in [0.15, 0.2) is 34.7 Å². The van der Waals surface area contributed by atoms with Crippen LogP contribution in [0.2, 0.25) is 0 Å². The zero-order chi connectivity index (χ0) is 48.1. The van der Waals surface area contributed by atoms with Gasteiger partial charge in [-0.15, -0.1) is 0 Å². The van der Waals surface area contributed by atoms with Gasteiger partial charge in [-0.2, -0.15) is 5.06 Å². The normalized spacial score (nSPS) is 14.2. The van der Waals surface area contributed by atoms with Crippen LogP contribution in [-0.2, 0) is 42.9 Å². The lowest BCUT2D eigenvalue weighted by molar-refractivity contribution is -0.209. The van der Waals surface area contributed by atoms with Gasteiger partial charge in [0.2, 0.25) is 12.3 Å². The van der Waals surface area contributed by atoms with Gasteiger partial charge in [0.25, 0.3) is 11.8 Å². The minimum atomic E-state index is -1.31. The Balaban J connectivity index is 1.65. The van der Waals surface area contributed by atoms with Crippen molar-refractivity contribution in [3.05, 3.63) is 41.7 Å². The van der Waals surface area contributed by atoms with Gasteiger partial charge in [0, 0.05) is 18.7 Å². The molecule has 1 saturated heterocycles. The fourth-order valence-electron chi connectivity index (χ4n) is 7.03. The Labute approximate surface area is 381 Å². The van der Waals surface area contributed by atoms with Crippen molar-refractivity contribution in [2.75, 3.05) is 33.0 Å². The van der Waals surface area contributed by atoms with E-state index in [4.69, 9.17) is 28.1 Å². The SMILES string of the molecule is BOC(=O)[C@H](CC(=O)OCCCC)NC(=O)c1ccc(-c2ccc(C(=O)NCNC(=O)[C@H](CCCCC)[C@@H](CC)N(C=O)OC(=O)C3CCN(C(=O)OC(C)(C)C)CC3)o2)cc1OCC. The van der Waals surface area contributed by atoms with Gasteiger partial charge in [-0.25, -0.2) is 9.59 Å². The summed E-state index contributed by atoms with van der Waals surface area (Å²) in [6.45, 7) is 13.4. The maximum Gasteiger partial charge on any atom is 0.410 e. The van der Waals surface area contributed by atoms with Crippen molar-refractivity contribution < 1.29 is 66.5 Å². The number of likely N-dealkylation sites (tertiary alicyclic amines) is 1. The van der Waals surface area contributed by atoms with Gasteiger partial charge in [0.15, 0.2) is 5.76 Å². The van der Waals surface area contributed by atoms with Gasteiger partial charge in [0.1, 0.15) is 23.2 Å². The second-order valence-corrected chi connectivity index (χ2v) is 16.6. The molecule has 358 valence electrons. The number of nitrogens with zero attached hydrogens (tertiary/aromatic N) is 2. The Morgan fingerprint density at radius 2 is 1.65 bits per heavy atom. The third kappa shape index (κ3) is 16.8. The summed E-state index contributed by atoms with van der Waals surface area (Å²) in [5.74, 6) is -4.96.